The summed E-state index contributed by atoms with van der Waals surface area (Å²) in [5.74, 6) is 2.52. The number of amides is 1. The van der Waals surface area contributed by atoms with Gasteiger partial charge >= 0.3 is 0 Å². The molecule has 6 heteroatoms. The zero-order chi connectivity index (χ0) is 16.1. The van der Waals surface area contributed by atoms with E-state index in [1.54, 1.807) is 24.3 Å². The highest BCUT2D eigenvalue weighted by molar-refractivity contribution is 7.99. The molecule has 0 spiro atoms. The third-order valence-electron chi connectivity index (χ3n) is 3.24. The van der Waals surface area contributed by atoms with E-state index in [1.165, 1.54) is 11.8 Å². The Morgan fingerprint density at radius 3 is 2.74 bits per heavy atom. The molecular formula is C17H14N2O3S. The molecule has 1 aliphatic rings. The van der Waals surface area contributed by atoms with Crippen LogP contribution in [0.5, 0.6) is 11.5 Å². The Labute approximate surface area is 138 Å². The van der Waals surface area contributed by atoms with Gasteiger partial charge in [-0.2, -0.15) is 5.26 Å². The summed E-state index contributed by atoms with van der Waals surface area (Å²) >= 11 is 1.53. The van der Waals surface area contributed by atoms with Gasteiger partial charge in [0.15, 0.2) is 11.5 Å². The number of fused-ring (bicyclic) bond motifs is 1. The summed E-state index contributed by atoms with van der Waals surface area (Å²) in [5, 5.41) is 11.5. The molecule has 1 amide bonds. The van der Waals surface area contributed by atoms with Crippen LogP contribution in [0.2, 0.25) is 0 Å². The van der Waals surface area contributed by atoms with Crippen molar-refractivity contribution in [3.63, 3.8) is 0 Å². The Hall–Kier alpha value is -2.65. The summed E-state index contributed by atoms with van der Waals surface area (Å²) in [6, 6.07) is 14.6. The fourth-order valence-corrected chi connectivity index (χ4v) is 2.89. The topological polar surface area (TPSA) is 71.4 Å². The number of ether oxygens (including phenoxy) is 2. The van der Waals surface area contributed by atoms with Gasteiger partial charge < -0.3 is 14.8 Å². The fraction of sp³-hybridized carbons (Fsp3) is 0.176. The van der Waals surface area contributed by atoms with Gasteiger partial charge in [0.2, 0.25) is 12.7 Å². The van der Waals surface area contributed by atoms with Crippen molar-refractivity contribution in [3.8, 4) is 17.6 Å². The van der Waals surface area contributed by atoms with Crippen LogP contribution in [0.25, 0.3) is 0 Å². The first-order chi connectivity index (χ1) is 11.2. The lowest BCUT2D eigenvalue weighted by Crippen LogP contribution is -2.14. The van der Waals surface area contributed by atoms with Crippen molar-refractivity contribution in [1.82, 2.24) is 0 Å². The standard InChI is InChI=1S/C17H14N2O3S/c18-8-12-1-4-14(5-2-12)19-17(20)10-23-9-13-3-6-15-16(7-13)22-11-21-15/h1-7H,9-11H2,(H,19,20). The molecule has 0 fully saturated rings. The Balaban J connectivity index is 1.46. The number of benzene rings is 2. The molecule has 2 aromatic carbocycles. The Kier molecular flexibility index (Phi) is 4.69. The zero-order valence-corrected chi connectivity index (χ0v) is 13.1. The third kappa shape index (κ3) is 3.96. The van der Waals surface area contributed by atoms with Crippen molar-refractivity contribution < 1.29 is 14.3 Å². The van der Waals surface area contributed by atoms with Gasteiger partial charge in [0.05, 0.1) is 17.4 Å². The van der Waals surface area contributed by atoms with Crippen LogP contribution in [0.15, 0.2) is 42.5 Å². The molecule has 23 heavy (non-hydrogen) atoms. The fourth-order valence-electron chi connectivity index (χ4n) is 2.12. The number of nitrogens with one attached hydrogen (secondary N) is 1. The normalized spacial score (nSPS) is 11.8. The lowest BCUT2D eigenvalue weighted by atomic mass is 10.2. The molecular weight excluding hydrogens is 312 g/mol. The summed E-state index contributed by atoms with van der Waals surface area (Å²) in [4.78, 5) is 11.9. The van der Waals surface area contributed by atoms with Gasteiger partial charge in [0.25, 0.3) is 0 Å². The van der Waals surface area contributed by atoms with Gasteiger partial charge in [-0.1, -0.05) is 6.07 Å². The summed E-state index contributed by atoms with van der Waals surface area (Å²) < 4.78 is 10.6. The molecule has 1 aliphatic heterocycles. The highest BCUT2D eigenvalue weighted by atomic mass is 32.2. The van der Waals surface area contributed by atoms with Crippen molar-refractivity contribution in [1.29, 1.82) is 5.26 Å². The smallest absolute Gasteiger partial charge is 0.234 e. The third-order valence-corrected chi connectivity index (χ3v) is 4.24. The molecule has 0 saturated heterocycles. The molecule has 0 aromatic heterocycles. The molecule has 0 saturated carbocycles. The lowest BCUT2D eigenvalue weighted by Gasteiger charge is -2.06. The van der Waals surface area contributed by atoms with E-state index in [-0.39, 0.29) is 12.7 Å². The Morgan fingerprint density at radius 1 is 1.17 bits per heavy atom. The number of thioether (sulfide) groups is 1. The van der Waals surface area contributed by atoms with E-state index in [1.807, 2.05) is 24.3 Å². The SMILES string of the molecule is N#Cc1ccc(NC(=O)CSCc2ccc3c(c2)OCO3)cc1. The van der Waals surface area contributed by atoms with E-state index in [0.717, 1.165) is 22.8 Å². The summed E-state index contributed by atoms with van der Waals surface area (Å²) in [6.07, 6.45) is 0. The molecule has 0 bridgehead atoms. The summed E-state index contributed by atoms with van der Waals surface area (Å²) in [6.45, 7) is 0.263. The molecule has 2 aromatic rings. The highest BCUT2D eigenvalue weighted by Gasteiger charge is 2.13. The maximum atomic E-state index is 11.9. The van der Waals surface area contributed by atoms with Gasteiger partial charge in [-0.15, -0.1) is 11.8 Å². The molecule has 0 unspecified atom stereocenters. The highest BCUT2D eigenvalue weighted by Crippen LogP contribution is 2.33. The van der Waals surface area contributed by atoms with Gasteiger partial charge in [0, 0.05) is 11.4 Å². The number of nitrogens with zero attached hydrogens (tertiary/aromatic N) is 1. The van der Waals surface area contributed by atoms with Crippen LogP contribution >= 0.6 is 11.8 Å². The second kappa shape index (κ2) is 7.07. The lowest BCUT2D eigenvalue weighted by molar-refractivity contribution is -0.113. The minimum atomic E-state index is -0.0690. The van der Waals surface area contributed by atoms with Crippen LogP contribution in [-0.4, -0.2) is 18.5 Å². The number of carbonyl (C=O) groups excluding carboxylic acids is 1. The second-order valence-electron chi connectivity index (χ2n) is 4.92. The number of carbonyl (C=O) groups is 1. The Morgan fingerprint density at radius 2 is 1.96 bits per heavy atom. The number of hydrogen-bond acceptors (Lipinski definition) is 5. The van der Waals surface area contributed by atoms with E-state index in [2.05, 4.69) is 5.32 Å². The van der Waals surface area contributed by atoms with Crippen molar-refractivity contribution in [3.05, 3.63) is 53.6 Å². The van der Waals surface area contributed by atoms with E-state index in [4.69, 9.17) is 14.7 Å². The maximum absolute atomic E-state index is 11.9. The van der Waals surface area contributed by atoms with Crippen molar-refractivity contribution in [2.75, 3.05) is 17.9 Å². The van der Waals surface area contributed by atoms with Crippen molar-refractivity contribution >= 4 is 23.4 Å². The number of nitriles is 1. The van der Waals surface area contributed by atoms with Crippen LogP contribution < -0.4 is 14.8 Å². The maximum Gasteiger partial charge on any atom is 0.234 e. The predicted molar refractivity (Wildman–Crippen MR) is 88.5 cm³/mol. The summed E-state index contributed by atoms with van der Waals surface area (Å²) in [7, 11) is 0. The first-order valence-electron chi connectivity index (χ1n) is 7.01. The molecule has 116 valence electrons. The van der Waals surface area contributed by atoms with Gasteiger partial charge in [-0.05, 0) is 42.0 Å². The van der Waals surface area contributed by atoms with Crippen LogP contribution in [-0.2, 0) is 10.5 Å². The minimum absolute atomic E-state index is 0.0690. The molecule has 0 aliphatic carbocycles. The first kappa shape index (κ1) is 15.3. The van der Waals surface area contributed by atoms with E-state index < -0.39 is 0 Å². The average Bonchev–Trinajstić information content (AvgIpc) is 3.03. The van der Waals surface area contributed by atoms with Crippen LogP contribution in [0.3, 0.4) is 0 Å². The van der Waals surface area contributed by atoms with Gasteiger partial charge in [0.1, 0.15) is 0 Å². The van der Waals surface area contributed by atoms with Crippen LogP contribution in [0, 0.1) is 11.3 Å². The molecule has 3 rings (SSSR count). The zero-order valence-electron chi connectivity index (χ0n) is 12.2. The Bertz CT molecular complexity index is 753. The first-order valence-corrected chi connectivity index (χ1v) is 8.16. The number of hydrogen-bond donors (Lipinski definition) is 1. The average molecular weight is 326 g/mol. The quantitative estimate of drug-likeness (QED) is 0.914. The number of anilines is 1. The minimum Gasteiger partial charge on any atom is -0.454 e. The van der Waals surface area contributed by atoms with Gasteiger partial charge in [-0.3, -0.25) is 4.79 Å². The van der Waals surface area contributed by atoms with E-state index in [9.17, 15) is 4.79 Å². The predicted octanol–water partition coefficient (Wildman–Crippen LogP) is 3.16. The molecule has 0 atom stereocenters. The number of rotatable bonds is 5. The molecule has 5 nitrogen and oxygen atoms in total. The largest absolute Gasteiger partial charge is 0.454 e. The van der Waals surface area contributed by atoms with E-state index in [0.29, 0.717) is 17.0 Å². The van der Waals surface area contributed by atoms with Crippen LogP contribution in [0.1, 0.15) is 11.1 Å². The second-order valence-corrected chi connectivity index (χ2v) is 5.90. The molecule has 1 heterocycles. The van der Waals surface area contributed by atoms with Gasteiger partial charge in [-0.25, -0.2) is 0 Å². The van der Waals surface area contributed by atoms with Crippen molar-refractivity contribution in [2.24, 2.45) is 0 Å². The van der Waals surface area contributed by atoms with Crippen molar-refractivity contribution in [2.45, 2.75) is 5.75 Å². The molecule has 1 N–H and O–H groups in total. The molecule has 0 radical (unpaired) electrons. The summed E-state index contributed by atoms with van der Waals surface area (Å²) in [5.41, 5.74) is 2.35. The van der Waals surface area contributed by atoms with E-state index >= 15 is 0 Å². The van der Waals surface area contributed by atoms with Crippen LogP contribution in [0.4, 0.5) is 5.69 Å². The monoisotopic (exact) mass is 326 g/mol.